The smallest absolute Gasteiger partial charge is 0.239 e. The topological polar surface area (TPSA) is 258 Å². The minimum atomic E-state index is -1.88. The lowest BCUT2D eigenvalue weighted by atomic mass is 9.98. The summed E-state index contributed by atoms with van der Waals surface area (Å²) in [5.74, 6) is -2.34. The molecule has 16 nitrogen and oxygen atoms in total. The molecule has 0 aliphatic carbocycles. The Hall–Kier alpha value is -3.71. The summed E-state index contributed by atoms with van der Waals surface area (Å²) in [5, 5.41) is 91.5. The third-order valence-electron chi connectivity index (χ3n) is 7.16. The van der Waals surface area contributed by atoms with Gasteiger partial charge in [-0.3, -0.25) is 4.79 Å². The van der Waals surface area contributed by atoms with E-state index in [4.69, 9.17) is 28.1 Å². The Morgan fingerprint density at radius 2 is 1.65 bits per heavy atom. The second-order valence-corrected chi connectivity index (χ2v) is 9.99. The van der Waals surface area contributed by atoms with Crippen molar-refractivity contribution in [3.63, 3.8) is 0 Å². The maximum absolute atomic E-state index is 13.8. The third kappa shape index (κ3) is 5.67. The molecule has 0 unspecified atom stereocenters. The lowest BCUT2D eigenvalue weighted by Crippen LogP contribution is -2.64. The SMILES string of the molecule is COc1cc(-c2oc3cc(O)cc(O)c3c(=O)c2O[C@H]2O[C@H](CO)[C@@H](O)[C@H](O)[C@H]2O[C@@H]2OC[C@@H](O)[C@H](O)[C@@H]2O)ccc1O. The highest BCUT2D eigenvalue weighted by Crippen LogP contribution is 2.40. The van der Waals surface area contributed by atoms with Crippen molar-refractivity contribution in [3.8, 4) is 40.1 Å². The van der Waals surface area contributed by atoms with E-state index in [1.807, 2.05) is 0 Å². The van der Waals surface area contributed by atoms with E-state index in [1.54, 1.807) is 0 Å². The molecule has 0 amide bonds. The van der Waals surface area contributed by atoms with E-state index in [1.165, 1.54) is 25.3 Å². The van der Waals surface area contributed by atoms with E-state index in [0.29, 0.717) is 0 Å². The largest absolute Gasteiger partial charge is 0.508 e. The van der Waals surface area contributed by atoms with E-state index in [9.17, 15) is 50.8 Å². The second kappa shape index (κ2) is 12.1. The summed E-state index contributed by atoms with van der Waals surface area (Å²) in [4.78, 5) is 13.8. The predicted molar refractivity (Wildman–Crippen MR) is 140 cm³/mol. The summed E-state index contributed by atoms with van der Waals surface area (Å²) in [6, 6.07) is 5.81. The molecule has 0 radical (unpaired) electrons. The van der Waals surface area contributed by atoms with Gasteiger partial charge in [-0.05, 0) is 18.2 Å². The van der Waals surface area contributed by atoms with Crippen LogP contribution in [-0.2, 0) is 14.2 Å². The first-order valence-electron chi connectivity index (χ1n) is 13.0. The van der Waals surface area contributed by atoms with Gasteiger partial charge >= 0.3 is 0 Å². The maximum Gasteiger partial charge on any atom is 0.239 e. The van der Waals surface area contributed by atoms with Crippen LogP contribution in [0.4, 0.5) is 0 Å². The normalized spacial score (nSPS) is 31.2. The summed E-state index contributed by atoms with van der Waals surface area (Å²) >= 11 is 0. The quantitative estimate of drug-likeness (QED) is 0.143. The van der Waals surface area contributed by atoms with Gasteiger partial charge in [0.05, 0.1) is 20.3 Å². The molecule has 3 aromatic rings. The minimum Gasteiger partial charge on any atom is -0.508 e. The number of aromatic hydroxyl groups is 3. The van der Waals surface area contributed by atoms with Crippen LogP contribution >= 0.6 is 0 Å². The molecule has 2 fully saturated rings. The number of methoxy groups -OCH3 is 1. The molecule has 9 atom stereocenters. The number of hydrogen-bond donors (Lipinski definition) is 9. The summed E-state index contributed by atoms with van der Waals surface area (Å²) in [7, 11) is 1.28. The molecule has 2 aromatic carbocycles. The first kappa shape index (κ1) is 30.7. The summed E-state index contributed by atoms with van der Waals surface area (Å²) in [5.41, 5.74) is -1.15. The molecule has 1 aromatic heterocycles. The molecule has 5 rings (SSSR count). The Kier molecular flexibility index (Phi) is 8.66. The first-order valence-corrected chi connectivity index (χ1v) is 13.0. The summed E-state index contributed by atoms with van der Waals surface area (Å²) in [6.45, 7) is -1.28. The van der Waals surface area contributed by atoms with Crippen LogP contribution in [0.2, 0.25) is 0 Å². The van der Waals surface area contributed by atoms with Gasteiger partial charge in [0.2, 0.25) is 17.5 Å². The zero-order chi connectivity index (χ0) is 31.2. The van der Waals surface area contributed by atoms with Gasteiger partial charge in [-0.1, -0.05) is 0 Å². The fourth-order valence-corrected chi connectivity index (χ4v) is 4.85. The lowest BCUT2D eigenvalue weighted by Gasteiger charge is -2.44. The standard InChI is InChI=1S/C27H30O16/c1-38-14-4-9(2-3-11(14)30)23-24(20(35)17-12(31)5-10(29)6-15(17)40-23)42-27-25(21(36)19(34)16(7-28)41-27)43-26-22(37)18(33)13(32)8-39-26/h2-6,13,16,18-19,21-22,25-34,36-37H,7-8H2,1H3/t13-,16-,18+,19-,21+,22+,25-,26+,27-/m1/s1. The number of aliphatic hydroxyl groups excluding tert-OH is 6. The molecule has 2 aliphatic heterocycles. The highest BCUT2D eigenvalue weighted by Gasteiger charge is 2.50. The lowest BCUT2D eigenvalue weighted by molar-refractivity contribution is -0.345. The van der Waals surface area contributed by atoms with Gasteiger partial charge in [-0.2, -0.15) is 0 Å². The monoisotopic (exact) mass is 610 g/mol. The molecule has 0 bridgehead atoms. The molecular formula is C27H30O16. The Balaban J connectivity index is 1.63. The van der Waals surface area contributed by atoms with Crippen LogP contribution in [-0.4, -0.2) is 122 Å². The van der Waals surface area contributed by atoms with Crippen LogP contribution in [0.3, 0.4) is 0 Å². The number of phenolic OH excluding ortho intramolecular Hbond substituents is 3. The molecule has 9 N–H and O–H groups in total. The van der Waals surface area contributed by atoms with Crippen LogP contribution < -0.4 is 14.9 Å². The van der Waals surface area contributed by atoms with Crippen LogP contribution in [0.1, 0.15) is 0 Å². The number of phenols is 3. The van der Waals surface area contributed by atoms with E-state index in [-0.39, 0.29) is 28.4 Å². The van der Waals surface area contributed by atoms with Gasteiger partial charge in [0.25, 0.3) is 0 Å². The Morgan fingerprint density at radius 3 is 2.35 bits per heavy atom. The van der Waals surface area contributed by atoms with Crippen LogP contribution in [0.15, 0.2) is 39.5 Å². The molecule has 2 saturated heterocycles. The fourth-order valence-electron chi connectivity index (χ4n) is 4.85. The van der Waals surface area contributed by atoms with Crippen LogP contribution in [0.5, 0.6) is 28.7 Å². The molecule has 0 saturated carbocycles. The van der Waals surface area contributed by atoms with E-state index < -0.39 is 96.6 Å². The van der Waals surface area contributed by atoms with Crippen molar-refractivity contribution in [3.05, 3.63) is 40.6 Å². The van der Waals surface area contributed by atoms with E-state index in [0.717, 1.165) is 12.1 Å². The van der Waals surface area contributed by atoms with Gasteiger partial charge in [0, 0.05) is 17.7 Å². The zero-order valence-electron chi connectivity index (χ0n) is 22.4. The van der Waals surface area contributed by atoms with E-state index in [2.05, 4.69) is 0 Å². The maximum atomic E-state index is 13.8. The number of hydrogen-bond acceptors (Lipinski definition) is 16. The van der Waals surface area contributed by atoms with Gasteiger partial charge in [-0.25, -0.2) is 0 Å². The number of aliphatic hydroxyl groups is 6. The van der Waals surface area contributed by atoms with Crippen molar-refractivity contribution in [2.45, 2.75) is 55.3 Å². The molecular weight excluding hydrogens is 580 g/mol. The molecule has 43 heavy (non-hydrogen) atoms. The van der Waals surface area contributed by atoms with Crippen molar-refractivity contribution in [1.82, 2.24) is 0 Å². The molecule has 0 spiro atoms. The Labute approximate surface area is 241 Å². The highest BCUT2D eigenvalue weighted by atomic mass is 16.8. The number of fused-ring (bicyclic) bond motifs is 1. The second-order valence-electron chi connectivity index (χ2n) is 9.99. The molecule has 234 valence electrons. The fraction of sp³-hybridized carbons (Fsp3) is 0.444. The average molecular weight is 611 g/mol. The Morgan fingerprint density at radius 1 is 0.907 bits per heavy atom. The summed E-state index contributed by atoms with van der Waals surface area (Å²) < 4.78 is 33.4. The zero-order valence-corrected chi connectivity index (χ0v) is 22.4. The summed E-state index contributed by atoms with van der Waals surface area (Å²) in [6.07, 6.45) is -15.3. The molecule has 2 aliphatic rings. The predicted octanol–water partition coefficient (Wildman–Crippen LogP) is -1.77. The van der Waals surface area contributed by atoms with Crippen molar-refractivity contribution in [2.24, 2.45) is 0 Å². The van der Waals surface area contributed by atoms with Gasteiger partial charge in [-0.15, -0.1) is 0 Å². The number of ether oxygens (including phenoxy) is 5. The van der Waals surface area contributed by atoms with E-state index >= 15 is 0 Å². The minimum absolute atomic E-state index is 0.0249. The molecule has 16 heteroatoms. The number of rotatable bonds is 7. The van der Waals surface area contributed by atoms with Crippen LogP contribution in [0.25, 0.3) is 22.3 Å². The average Bonchev–Trinajstić information content (AvgIpc) is 2.97. The van der Waals surface area contributed by atoms with Crippen molar-refractivity contribution in [1.29, 1.82) is 0 Å². The van der Waals surface area contributed by atoms with Crippen molar-refractivity contribution < 1.29 is 74.1 Å². The van der Waals surface area contributed by atoms with Crippen molar-refractivity contribution >= 4 is 11.0 Å². The molecule has 3 heterocycles. The third-order valence-corrected chi connectivity index (χ3v) is 7.16. The van der Waals surface area contributed by atoms with Gasteiger partial charge in [0.1, 0.15) is 59.1 Å². The highest BCUT2D eigenvalue weighted by molar-refractivity contribution is 5.88. The van der Waals surface area contributed by atoms with Crippen molar-refractivity contribution in [2.75, 3.05) is 20.3 Å². The van der Waals surface area contributed by atoms with Gasteiger partial charge < -0.3 is 74.1 Å². The number of benzene rings is 2. The first-order chi connectivity index (χ1) is 20.4. The Bertz CT molecular complexity index is 1520. The van der Waals surface area contributed by atoms with Gasteiger partial charge in [0.15, 0.2) is 29.7 Å². The van der Waals surface area contributed by atoms with Crippen LogP contribution in [0, 0.1) is 0 Å².